The lowest BCUT2D eigenvalue weighted by atomic mass is 10.1. The first kappa shape index (κ1) is 10.5. The third-order valence-electron chi connectivity index (χ3n) is 3.33. The molecule has 16 heavy (non-hydrogen) atoms. The molecule has 2 saturated carbocycles. The first-order valence-corrected chi connectivity index (χ1v) is 6.75. The monoisotopic (exact) mass is 281 g/mol. The van der Waals surface area contributed by atoms with Gasteiger partial charge in [0.25, 0.3) is 0 Å². The molecule has 0 bridgehead atoms. The van der Waals surface area contributed by atoms with Crippen molar-refractivity contribution in [1.82, 2.24) is 0 Å². The molecule has 0 heterocycles. The van der Waals surface area contributed by atoms with Crippen LogP contribution in [0.4, 0.5) is 5.69 Å². The van der Waals surface area contributed by atoms with Gasteiger partial charge in [-0.1, -0.05) is 0 Å². The molecule has 0 aromatic heterocycles. The van der Waals surface area contributed by atoms with E-state index >= 15 is 0 Å². The molecular weight excluding hydrogens is 266 g/mol. The molecule has 2 aliphatic carbocycles. The van der Waals surface area contributed by atoms with Gasteiger partial charge in [-0.25, -0.2) is 0 Å². The summed E-state index contributed by atoms with van der Waals surface area (Å²) < 4.78 is 6.78. The van der Waals surface area contributed by atoms with Gasteiger partial charge in [0.05, 0.1) is 12.3 Å². The summed E-state index contributed by atoms with van der Waals surface area (Å²) in [5, 5.41) is 0. The minimum atomic E-state index is 0.736. The molecule has 1 aromatic rings. The van der Waals surface area contributed by atoms with E-state index in [0.29, 0.717) is 0 Å². The van der Waals surface area contributed by atoms with Gasteiger partial charge in [-0.15, -0.1) is 0 Å². The molecule has 86 valence electrons. The Kier molecular flexibility index (Phi) is 2.58. The Morgan fingerprint density at radius 3 is 2.62 bits per heavy atom. The molecule has 0 amide bonds. The molecule has 2 nitrogen and oxygen atoms in total. The molecule has 3 heteroatoms. The average Bonchev–Trinajstić information content (AvgIpc) is 3.14. The predicted octanol–water partition coefficient (Wildman–Crippen LogP) is 3.70. The Morgan fingerprint density at radius 2 is 2.00 bits per heavy atom. The van der Waals surface area contributed by atoms with Crippen LogP contribution in [0.1, 0.15) is 37.2 Å². The highest BCUT2D eigenvalue weighted by molar-refractivity contribution is 9.10. The summed E-state index contributed by atoms with van der Waals surface area (Å²) in [4.78, 5) is 0. The van der Waals surface area contributed by atoms with E-state index in [2.05, 4.69) is 28.1 Å². The number of benzene rings is 1. The topological polar surface area (TPSA) is 35.2 Å². The summed E-state index contributed by atoms with van der Waals surface area (Å²) in [5.74, 6) is 2.37. The summed E-state index contributed by atoms with van der Waals surface area (Å²) in [6, 6.07) is 4.26. The van der Waals surface area contributed by atoms with Crippen molar-refractivity contribution >= 4 is 21.6 Å². The fraction of sp³-hybridized carbons (Fsp3) is 0.538. The molecule has 0 saturated heterocycles. The molecule has 0 spiro atoms. The van der Waals surface area contributed by atoms with Crippen molar-refractivity contribution in [3.63, 3.8) is 0 Å². The Bertz CT molecular complexity index is 411. The van der Waals surface area contributed by atoms with Gasteiger partial charge in [-0.05, 0) is 71.1 Å². The third-order valence-corrected chi connectivity index (χ3v) is 3.99. The van der Waals surface area contributed by atoms with Crippen molar-refractivity contribution in [2.24, 2.45) is 5.92 Å². The van der Waals surface area contributed by atoms with Crippen LogP contribution >= 0.6 is 15.9 Å². The zero-order chi connectivity index (χ0) is 11.1. The van der Waals surface area contributed by atoms with Crippen LogP contribution in [0.3, 0.4) is 0 Å². The number of rotatable bonds is 4. The third kappa shape index (κ3) is 2.19. The Hall–Kier alpha value is -0.700. The molecular formula is C13H16BrNO. The Labute approximate surface area is 104 Å². The van der Waals surface area contributed by atoms with Gasteiger partial charge in [0.1, 0.15) is 5.75 Å². The van der Waals surface area contributed by atoms with Crippen LogP contribution in [0.5, 0.6) is 5.75 Å². The van der Waals surface area contributed by atoms with E-state index in [4.69, 9.17) is 10.5 Å². The number of ether oxygens (including phenoxy) is 1. The number of nitrogens with two attached hydrogens (primary N) is 1. The van der Waals surface area contributed by atoms with Crippen LogP contribution < -0.4 is 10.5 Å². The van der Waals surface area contributed by atoms with Gasteiger partial charge in [0, 0.05) is 4.47 Å². The number of anilines is 1. The maximum absolute atomic E-state index is 6.01. The summed E-state index contributed by atoms with van der Waals surface area (Å²) >= 11 is 3.51. The van der Waals surface area contributed by atoms with Crippen LogP contribution in [0.25, 0.3) is 0 Å². The summed E-state index contributed by atoms with van der Waals surface area (Å²) in [6.45, 7) is 0.824. The van der Waals surface area contributed by atoms with E-state index in [1.807, 2.05) is 0 Å². The average molecular weight is 282 g/mol. The smallest absolute Gasteiger partial charge is 0.143 e. The van der Waals surface area contributed by atoms with Crippen molar-refractivity contribution < 1.29 is 4.74 Å². The lowest BCUT2D eigenvalue weighted by Gasteiger charge is -2.12. The molecule has 1 aromatic carbocycles. The molecule has 2 fully saturated rings. The van der Waals surface area contributed by atoms with Crippen molar-refractivity contribution in [2.75, 3.05) is 12.3 Å². The molecule has 2 aliphatic rings. The Balaban J connectivity index is 1.81. The van der Waals surface area contributed by atoms with Crippen molar-refractivity contribution in [1.29, 1.82) is 0 Å². The zero-order valence-corrected chi connectivity index (χ0v) is 10.8. The quantitative estimate of drug-likeness (QED) is 0.855. The summed E-state index contributed by atoms with van der Waals surface area (Å²) in [7, 11) is 0. The van der Waals surface area contributed by atoms with Crippen molar-refractivity contribution in [3.8, 4) is 5.75 Å². The van der Waals surface area contributed by atoms with Crippen LogP contribution in [0.2, 0.25) is 0 Å². The highest BCUT2D eigenvalue weighted by Gasteiger charge is 2.26. The summed E-state index contributed by atoms with van der Waals surface area (Å²) in [6.07, 6.45) is 5.23. The van der Waals surface area contributed by atoms with Gasteiger partial charge in [0.15, 0.2) is 0 Å². The molecule has 2 N–H and O–H groups in total. The largest absolute Gasteiger partial charge is 0.491 e. The SMILES string of the molecule is Nc1c(Br)cc(C2CC2)cc1OCC1CC1. The van der Waals surface area contributed by atoms with Gasteiger partial charge < -0.3 is 10.5 Å². The first-order chi connectivity index (χ1) is 7.74. The van der Waals surface area contributed by atoms with Crippen LogP contribution in [0.15, 0.2) is 16.6 Å². The normalized spacial score (nSPS) is 19.8. The second-order valence-corrected chi connectivity index (χ2v) is 5.80. The number of nitrogen functional groups attached to an aromatic ring is 1. The van der Waals surface area contributed by atoms with Gasteiger partial charge in [0.2, 0.25) is 0 Å². The Morgan fingerprint density at radius 1 is 1.25 bits per heavy atom. The number of hydrogen-bond donors (Lipinski definition) is 1. The van der Waals surface area contributed by atoms with Crippen LogP contribution in [-0.4, -0.2) is 6.61 Å². The molecule has 0 aliphatic heterocycles. The molecule has 0 unspecified atom stereocenters. The maximum Gasteiger partial charge on any atom is 0.143 e. The predicted molar refractivity (Wildman–Crippen MR) is 68.7 cm³/mol. The van der Waals surface area contributed by atoms with Gasteiger partial charge in [-0.2, -0.15) is 0 Å². The second kappa shape index (κ2) is 3.95. The molecule has 3 rings (SSSR count). The van der Waals surface area contributed by atoms with E-state index in [1.165, 1.54) is 31.2 Å². The minimum absolute atomic E-state index is 0.736. The number of halogens is 1. The van der Waals surface area contributed by atoms with E-state index in [0.717, 1.165) is 34.4 Å². The lowest BCUT2D eigenvalue weighted by Crippen LogP contribution is -2.03. The minimum Gasteiger partial charge on any atom is -0.491 e. The second-order valence-electron chi connectivity index (χ2n) is 4.94. The highest BCUT2D eigenvalue weighted by Crippen LogP contribution is 2.44. The standard InChI is InChI=1S/C13H16BrNO/c14-11-5-10(9-3-4-9)6-12(13(11)15)16-7-8-1-2-8/h5-6,8-9H,1-4,7,15H2. The van der Waals surface area contributed by atoms with Crippen LogP contribution in [0, 0.1) is 5.92 Å². The lowest BCUT2D eigenvalue weighted by molar-refractivity contribution is 0.301. The zero-order valence-electron chi connectivity index (χ0n) is 9.21. The van der Waals surface area contributed by atoms with Gasteiger partial charge in [-0.3, -0.25) is 0 Å². The molecule has 0 radical (unpaired) electrons. The fourth-order valence-electron chi connectivity index (χ4n) is 1.88. The van der Waals surface area contributed by atoms with Crippen molar-refractivity contribution in [2.45, 2.75) is 31.6 Å². The van der Waals surface area contributed by atoms with Crippen molar-refractivity contribution in [3.05, 3.63) is 22.2 Å². The van der Waals surface area contributed by atoms with Crippen LogP contribution in [-0.2, 0) is 0 Å². The molecule has 0 atom stereocenters. The van der Waals surface area contributed by atoms with E-state index in [1.54, 1.807) is 0 Å². The highest BCUT2D eigenvalue weighted by atomic mass is 79.9. The van der Waals surface area contributed by atoms with E-state index in [-0.39, 0.29) is 0 Å². The number of hydrogen-bond acceptors (Lipinski definition) is 2. The summed E-state index contributed by atoms with van der Waals surface area (Å²) in [5.41, 5.74) is 8.12. The van der Waals surface area contributed by atoms with E-state index in [9.17, 15) is 0 Å². The van der Waals surface area contributed by atoms with E-state index < -0.39 is 0 Å². The fourth-order valence-corrected chi connectivity index (χ4v) is 2.34. The maximum atomic E-state index is 6.01. The first-order valence-electron chi connectivity index (χ1n) is 5.96. The van der Waals surface area contributed by atoms with Gasteiger partial charge >= 0.3 is 0 Å².